The van der Waals surface area contributed by atoms with Gasteiger partial charge in [-0.1, -0.05) is 11.6 Å². The van der Waals surface area contributed by atoms with E-state index in [0.717, 1.165) is 5.69 Å². The first-order chi connectivity index (χ1) is 10.6. The first kappa shape index (κ1) is 15.0. The van der Waals surface area contributed by atoms with E-state index < -0.39 is 5.82 Å². The van der Waals surface area contributed by atoms with Gasteiger partial charge < -0.3 is 9.80 Å². The van der Waals surface area contributed by atoms with Crippen molar-refractivity contribution in [3.63, 3.8) is 0 Å². The number of aryl methyl sites for hydroxylation is 1. The zero-order valence-corrected chi connectivity index (χ0v) is 12.8. The lowest BCUT2D eigenvalue weighted by Crippen LogP contribution is -2.47. The lowest BCUT2D eigenvalue weighted by molar-refractivity contribution is 0.574. The Morgan fingerprint density at radius 2 is 1.73 bits per heavy atom. The molecule has 0 spiro atoms. The molecule has 0 aliphatic carbocycles. The van der Waals surface area contributed by atoms with Crippen molar-refractivity contribution in [2.45, 2.75) is 6.92 Å². The van der Waals surface area contributed by atoms with Gasteiger partial charge in [-0.3, -0.25) is 0 Å². The number of anilines is 2. The minimum atomic E-state index is -0.428. The van der Waals surface area contributed by atoms with Gasteiger partial charge in [-0.05, 0) is 25.1 Å². The molecular weight excluding hydrogens is 310 g/mol. The van der Waals surface area contributed by atoms with Crippen molar-refractivity contribution in [1.82, 2.24) is 9.97 Å². The summed E-state index contributed by atoms with van der Waals surface area (Å²) >= 11 is 5.82. The standard InChI is InChI=1S/C15H15ClF2N4/c1-10-14(18)15(20-9-19-10)22-6-4-21(5-7-22)11-2-3-13(17)12(16)8-11/h2-3,8-9H,4-7H2,1H3. The highest BCUT2D eigenvalue weighted by atomic mass is 35.5. The zero-order chi connectivity index (χ0) is 15.7. The van der Waals surface area contributed by atoms with Crippen LogP contribution in [0.3, 0.4) is 0 Å². The molecule has 1 saturated heterocycles. The number of piperazine rings is 1. The monoisotopic (exact) mass is 324 g/mol. The molecule has 1 aliphatic heterocycles. The maximum absolute atomic E-state index is 14.1. The van der Waals surface area contributed by atoms with Gasteiger partial charge in [-0.2, -0.15) is 0 Å². The summed E-state index contributed by atoms with van der Waals surface area (Å²) in [6, 6.07) is 4.67. The van der Waals surface area contributed by atoms with E-state index in [9.17, 15) is 8.78 Å². The fraction of sp³-hybridized carbons (Fsp3) is 0.333. The summed E-state index contributed by atoms with van der Waals surface area (Å²) in [6.45, 7) is 4.25. The number of hydrogen-bond acceptors (Lipinski definition) is 4. The van der Waals surface area contributed by atoms with Crippen molar-refractivity contribution in [3.8, 4) is 0 Å². The van der Waals surface area contributed by atoms with Crippen LogP contribution in [0.1, 0.15) is 5.69 Å². The number of rotatable bonds is 2. The zero-order valence-electron chi connectivity index (χ0n) is 12.1. The largest absolute Gasteiger partial charge is 0.368 e. The number of benzene rings is 1. The minimum absolute atomic E-state index is 0.109. The van der Waals surface area contributed by atoms with Crippen LogP contribution in [-0.4, -0.2) is 36.1 Å². The molecule has 1 aromatic heterocycles. The van der Waals surface area contributed by atoms with Gasteiger partial charge in [0.05, 0.1) is 10.7 Å². The fourth-order valence-corrected chi connectivity index (χ4v) is 2.70. The maximum atomic E-state index is 14.1. The molecule has 4 nitrogen and oxygen atoms in total. The van der Waals surface area contributed by atoms with Crippen LogP contribution in [0, 0.1) is 18.6 Å². The normalized spacial score (nSPS) is 15.3. The molecule has 0 saturated carbocycles. The molecule has 1 aliphatic rings. The van der Waals surface area contributed by atoms with Crippen LogP contribution in [0.5, 0.6) is 0 Å². The lowest BCUT2D eigenvalue weighted by atomic mass is 10.2. The number of nitrogens with zero attached hydrogens (tertiary/aromatic N) is 4. The van der Waals surface area contributed by atoms with Crippen LogP contribution in [0.15, 0.2) is 24.5 Å². The highest BCUT2D eigenvalue weighted by Gasteiger charge is 2.22. The fourth-order valence-electron chi connectivity index (χ4n) is 2.52. The van der Waals surface area contributed by atoms with E-state index in [1.165, 1.54) is 12.4 Å². The summed E-state index contributed by atoms with van der Waals surface area (Å²) in [6.07, 6.45) is 1.37. The minimum Gasteiger partial charge on any atom is -0.368 e. The molecule has 1 fully saturated rings. The molecule has 0 radical (unpaired) electrons. The number of halogens is 3. The van der Waals surface area contributed by atoms with Gasteiger partial charge in [0.1, 0.15) is 12.1 Å². The van der Waals surface area contributed by atoms with Gasteiger partial charge in [-0.15, -0.1) is 0 Å². The predicted octanol–water partition coefficient (Wildman–Crippen LogP) is 3.04. The number of aromatic nitrogens is 2. The van der Waals surface area contributed by atoms with Gasteiger partial charge in [-0.25, -0.2) is 18.7 Å². The molecule has 7 heteroatoms. The van der Waals surface area contributed by atoms with Crippen molar-refractivity contribution in [2.24, 2.45) is 0 Å². The first-order valence-corrected chi connectivity index (χ1v) is 7.36. The van der Waals surface area contributed by atoms with Crippen LogP contribution in [0.25, 0.3) is 0 Å². The van der Waals surface area contributed by atoms with Gasteiger partial charge in [0.25, 0.3) is 0 Å². The maximum Gasteiger partial charge on any atom is 0.186 e. The second-order valence-electron chi connectivity index (χ2n) is 5.17. The van der Waals surface area contributed by atoms with Crippen LogP contribution in [-0.2, 0) is 0 Å². The molecule has 1 aromatic carbocycles. The summed E-state index contributed by atoms with van der Waals surface area (Å²) in [4.78, 5) is 11.9. The summed E-state index contributed by atoms with van der Waals surface area (Å²) in [5.41, 5.74) is 1.21. The molecule has 0 unspecified atom stereocenters. The summed E-state index contributed by atoms with van der Waals surface area (Å²) < 4.78 is 27.3. The van der Waals surface area contributed by atoms with E-state index in [-0.39, 0.29) is 10.8 Å². The molecule has 0 N–H and O–H groups in total. The van der Waals surface area contributed by atoms with Crippen LogP contribution in [0.4, 0.5) is 20.3 Å². The van der Waals surface area contributed by atoms with Gasteiger partial charge >= 0.3 is 0 Å². The Hall–Kier alpha value is -1.95. The average Bonchev–Trinajstić information content (AvgIpc) is 2.53. The molecule has 2 heterocycles. The van der Waals surface area contributed by atoms with Gasteiger partial charge in [0, 0.05) is 31.9 Å². The quantitative estimate of drug-likeness (QED) is 0.850. The summed E-state index contributed by atoms with van der Waals surface area (Å²) in [7, 11) is 0. The van der Waals surface area contributed by atoms with Gasteiger partial charge in [0.2, 0.25) is 0 Å². The van der Waals surface area contributed by atoms with Crippen molar-refractivity contribution in [2.75, 3.05) is 36.0 Å². The Morgan fingerprint density at radius 3 is 2.41 bits per heavy atom. The second kappa shape index (κ2) is 6.04. The van der Waals surface area contributed by atoms with E-state index >= 15 is 0 Å². The Balaban J connectivity index is 1.72. The summed E-state index contributed by atoms with van der Waals surface area (Å²) in [5, 5.41) is 0.109. The van der Waals surface area contributed by atoms with E-state index in [0.29, 0.717) is 37.7 Å². The third-order valence-corrected chi connectivity index (χ3v) is 4.08. The van der Waals surface area contributed by atoms with Crippen LogP contribution in [0.2, 0.25) is 5.02 Å². The van der Waals surface area contributed by atoms with E-state index in [1.54, 1.807) is 19.1 Å². The molecule has 0 atom stereocenters. The van der Waals surface area contributed by atoms with E-state index in [4.69, 9.17) is 11.6 Å². The SMILES string of the molecule is Cc1ncnc(N2CCN(c3ccc(F)c(Cl)c3)CC2)c1F. The predicted molar refractivity (Wildman–Crippen MR) is 82.6 cm³/mol. The number of hydrogen-bond donors (Lipinski definition) is 0. The molecule has 3 rings (SSSR count). The molecule has 116 valence electrons. The van der Waals surface area contributed by atoms with Crippen molar-refractivity contribution >= 4 is 23.1 Å². The highest BCUT2D eigenvalue weighted by Crippen LogP contribution is 2.25. The lowest BCUT2D eigenvalue weighted by Gasteiger charge is -2.36. The van der Waals surface area contributed by atoms with Gasteiger partial charge in [0.15, 0.2) is 11.6 Å². The topological polar surface area (TPSA) is 32.3 Å². The molecule has 22 heavy (non-hydrogen) atoms. The van der Waals surface area contributed by atoms with Crippen molar-refractivity contribution in [3.05, 3.63) is 46.9 Å². The Morgan fingerprint density at radius 1 is 1.05 bits per heavy atom. The Labute approximate surface area is 132 Å². The summed E-state index contributed by atoms with van der Waals surface area (Å²) in [5.74, 6) is -0.465. The van der Waals surface area contributed by atoms with Crippen LogP contribution >= 0.6 is 11.6 Å². The Bertz CT molecular complexity index is 687. The molecule has 2 aromatic rings. The molecular formula is C15H15ClF2N4. The van der Waals surface area contributed by atoms with Crippen molar-refractivity contribution < 1.29 is 8.78 Å². The van der Waals surface area contributed by atoms with Crippen molar-refractivity contribution in [1.29, 1.82) is 0 Å². The van der Waals surface area contributed by atoms with E-state index in [1.807, 2.05) is 4.90 Å². The first-order valence-electron chi connectivity index (χ1n) is 6.98. The molecule has 0 amide bonds. The average molecular weight is 325 g/mol. The third-order valence-electron chi connectivity index (χ3n) is 3.79. The Kier molecular flexibility index (Phi) is 4.11. The molecule has 0 bridgehead atoms. The third kappa shape index (κ3) is 2.83. The van der Waals surface area contributed by atoms with Crippen LogP contribution < -0.4 is 9.80 Å². The van der Waals surface area contributed by atoms with E-state index in [2.05, 4.69) is 14.9 Å². The smallest absolute Gasteiger partial charge is 0.186 e. The second-order valence-corrected chi connectivity index (χ2v) is 5.58. The highest BCUT2D eigenvalue weighted by molar-refractivity contribution is 6.31.